The lowest BCUT2D eigenvalue weighted by Gasteiger charge is -2.10. The molecule has 0 aliphatic rings. The molecule has 3 N–H and O–H groups in total. The first kappa shape index (κ1) is 21.6. The number of carbonyl (C=O) groups is 2. The van der Waals surface area contributed by atoms with Crippen molar-refractivity contribution >= 4 is 23.2 Å². The lowest BCUT2D eigenvalue weighted by Crippen LogP contribution is -2.23. The Morgan fingerprint density at radius 3 is 2.23 bits per heavy atom. The maximum Gasteiger partial charge on any atom is 0.251 e. The number of hydrogen-bond donors (Lipinski definition) is 3. The van der Waals surface area contributed by atoms with Crippen LogP contribution in [-0.4, -0.2) is 25.0 Å². The molecule has 158 valence electrons. The highest BCUT2D eigenvalue weighted by Crippen LogP contribution is 2.16. The molecule has 3 rings (SSSR count). The van der Waals surface area contributed by atoms with E-state index in [2.05, 4.69) is 22.5 Å². The summed E-state index contributed by atoms with van der Waals surface area (Å²) in [4.78, 5) is 24.5. The Morgan fingerprint density at radius 2 is 1.55 bits per heavy atom. The van der Waals surface area contributed by atoms with E-state index in [0.717, 1.165) is 17.0 Å². The highest BCUT2D eigenvalue weighted by Gasteiger charge is 2.07. The zero-order valence-corrected chi connectivity index (χ0v) is 17.1. The minimum absolute atomic E-state index is 0.117. The Hall–Kier alpha value is -4.06. The third kappa shape index (κ3) is 7.04. The molecule has 0 spiro atoms. The van der Waals surface area contributed by atoms with Crippen LogP contribution < -0.4 is 20.7 Å². The van der Waals surface area contributed by atoms with Crippen molar-refractivity contribution in [2.45, 2.75) is 6.54 Å². The van der Waals surface area contributed by atoms with E-state index in [9.17, 15) is 9.59 Å². The molecule has 0 radical (unpaired) electrons. The van der Waals surface area contributed by atoms with Gasteiger partial charge in [-0.1, -0.05) is 43.0 Å². The van der Waals surface area contributed by atoms with Crippen molar-refractivity contribution in [2.75, 3.05) is 23.8 Å². The summed E-state index contributed by atoms with van der Waals surface area (Å²) in [6, 6.07) is 23.8. The number of amides is 2. The average Bonchev–Trinajstić information content (AvgIpc) is 2.81. The Labute approximate surface area is 181 Å². The van der Waals surface area contributed by atoms with Gasteiger partial charge in [0.15, 0.2) is 0 Å². The van der Waals surface area contributed by atoms with Gasteiger partial charge in [0.2, 0.25) is 5.91 Å². The first-order valence-corrected chi connectivity index (χ1v) is 9.94. The maximum atomic E-state index is 12.3. The summed E-state index contributed by atoms with van der Waals surface area (Å²) in [7, 11) is 0. The minimum Gasteiger partial charge on any atom is -0.490 e. The fraction of sp³-hybridized carbons (Fsp3) is 0.120. The molecular weight excluding hydrogens is 390 g/mol. The molecule has 0 fully saturated rings. The smallest absolute Gasteiger partial charge is 0.251 e. The fourth-order valence-electron chi connectivity index (χ4n) is 2.80. The highest BCUT2D eigenvalue weighted by atomic mass is 16.5. The van der Waals surface area contributed by atoms with Crippen LogP contribution in [0.5, 0.6) is 5.75 Å². The molecule has 0 bridgehead atoms. The number of rotatable bonds is 10. The molecule has 0 aliphatic carbocycles. The SMILES string of the molecule is C=CCOc1ccc(NCC(=O)Nc2ccc(C(=O)NCc3ccccc3)cc2)cc1. The van der Waals surface area contributed by atoms with Crippen molar-refractivity contribution in [1.82, 2.24) is 5.32 Å². The number of hydrogen-bond acceptors (Lipinski definition) is 4. The summed E-state index contributed by atoms with van der Waals surface area (Å²) < 4.78 is 5.43. The molecule has 0 heterocycles. The van der Waals surface area contributed by atoms with Gasteiger partial charge in [0.05, 0.1) is 6.54 Å². The molecule has 3 aromatic carbocycles. The van der Waals surface area contributed by atoms with Gasteiger partial charge in [0.25, 0.3) is 5.91 Å². The molecule has 0 saturated heterocycles. The third-order valence-electron chi connectivity index (χ3n) is 4.40. The number of benzene rings is 3. The van der Waals surface area contributed by atoms with E-state index in [1.165, 1.54) is 0 Å². The predicted octanol–water partition coefficient (Wildman–Crippen LogP) is 4.23. The molecule has 0 unspecified atom stereocenters. The summed E-state index contributed by atoms with van der Waals surface area (Å²) in [5.41, 5.74) is 3.00. The second-order valence-corrected chi connectivity index (χ2v) is 6.77. The predicted molar refractivity (Wildman–Crippen MR) is 123 cm³/mol. The van der Waals surface area contributed by atoms with Crippen molar-refractivity contribution in [1.29, 1.82) is 0 Å². The van der Waals surface area contributed by atoms with Crippen LogP contribution >= 0.6 is 0 Å². The van der Waals surface area contributed by atoms with E-state index in [-0.39, 0.29) is 18.4 Å². The highest BCUT2D eigenvalue weighted by molar-refractivity contribution is 5.96. The van der Waals surface area contributed by atoms with Gasteiger partial charge in [-0.15, -0.1) is 0 Å². The van der Waals surface area contributed by atoms with Crippen LogP contribution in [0.1, 0.15) is 15.9 Å². The largest absolute Gasteiger partial charge is 0.490 e. The van der Waals surface area contributed by atoms with Crippen LogP contribution in [0.15, 0.2) is 91.5 Å². The second-order valence-electron chi connectivity index (χ2n) is 6.77. The maximum absolute atomic E-state index is 12.3. The lowest BCUT2D eigenvalue weighted by atomic mass is 10.1. The molecule has 2 amide bonds. The summed E-state index contributed by atoms with van der Waals surface area (Å²) in [5.74, 6) is 0.389. The normalized spacial score (nSPS) is 10.1. The van der Waals surface area contributed by atoms with Gasteiger partial charge in [-0.05, 0) is 54.1 Å². The number of carbonyl (C=O) groups excluding carboxylic acids is 2. The topological polar surface area (TPSA) is 79.5 Å². The molecule has 0 atom stereocenters. The van der Waals surface area contributed by atoms with Crippen molar-refractivity contribution < 1.29 is 14.3 Å². The zero-order valence-electron chi connectivity index (χ0n) is 17.1. The van der Waals surface area contributed by atoms with E-state index < -0.39 is 0 Å². The molecule has 6 heteroatoms. The van der Waals surface area contributed by atoms with Crippen LogP contribution in [0.2, 0.25) is 0 Å². The van der Waals surface area contributed by atoms with E-state index in [0.29, 0.717) is 24.4 Å². The monoisotopic (exact) mass is 415 g/mol. The molecule has 0 aromatic heterocycles. The summed E-state index contributed by atoms with van der Waals surface area (Å²) >= 11 is 0. The van der Waals surface area contributed by atoms with Gasteiger partial charge >= 0.3 is 0 Å². The van der Waals surface area contributed by atoms with E-state index in [1.54, 1.807) is 30.3 Å². The molecule has 0 aliphatic heterocycles. The summed E-state index contributed by atoms with van der Waals surface area (Å²) in [6.07, 6.45) is 1.68. The molecule has 6 nitrogen and oxygen atoms in total. The Bertz CT molecular complexity index is 1000. The van der Waals surface area contributed by atoms with Crippen molar-refractivity contribution in [3.05, 3.63) is 103 Å². The van der Waals surface area contributed by atoms with E-state index >= 15 is 0 Å². The van der Waals surface area contributed by atoms with Gasteiger partial charge < -0.3 is 20.7 Å². The number of ether oxygens (including phenoxy) is 1. The number of nitrogens with one attached hydrogen (secondary N) is 3. The Morgan fingerprint density at radius 1 is 0.871 bits per heavy atom. The third-order valence-corrected chi connectivity index (χ3v) is 4.40. The van der Waals surface area contributed by atoms with E-state index in [4.69, 9.17) is 4.74 Å². The molecule has 0 saturated carbocycles. The van der Waals surface area contributed by atoms with Crippen LogP contribution in [0.25, 0.3) is 0 Å². The minimum atomic E-state index is -0.187. The van der Waals surface area contributed by atoms with Gasteiger partial charge in [-0.25, -0.2) is 0 Å². The first-order chi connectivity index (χ1) is 15.1. The van der Waals surface area contributed by atoms with Crippen LogP contribution in [-0.2, 0) is 11.3 Å². The van der Waals surface area contributed by atoms with Gasteiger partial charge in [-0.2, -0.15) is 0 Å². The summed E-state index contributed by atoms with van der Waals surface area (Å²) in [5, 5.41) is 8.74. The molecular formula is C25H25N3O3. The number of anilines is 2. The van der Waals surface area contributed by atoms with Crippen LogP contribution in [0.3, 0.4) is 0 Å². The fourth-order valence-corrected chi connectivity index (χ4v) is 2.80. The average molecular weight is 415 g/mol. The van der Waals surface area contributed by atoms with Crippen molar-refractivity contribution in [3.8, 4) is 5.75 Å². The lowest BCUT2D eigenvalue weighted by molar-refractivity contribution is -0.114. The first-order valence-electron chi connectivity index (χ1n) is 9.94. The van der Waals surface area contributed by atoms with Gasteiger partial charge in [0.1, 0.15) is 12.4 Å². The standard InChI is InChI=1S/C25H25N3O3/c1-2-16-31-23-14-12-21(13-15-23)26-18-24(29)28-22-10-8-20(9-11-22)25(30)27-17-19-6-4-3-5-7-19/h2-15,26H,1,16-18H2,(H,27,30)(H,28,29). The van der Waals surface area contributed by atoms with Crippen LogP contribution in [0.4, 0.5) is 11.4 Å². The van der Waals surface area contributed by atoms with Crippen molar-refractivity contribution in [3.63, 3.8) is 0 Å². The Balaban J connectivity index is 1.44. The van der Waals surface area contributed by atoms with E-state index in [1.807, 2.05) is 54.6 Å². The Kier molecular flexibility index (Phi) is 7.83. The molecule has 31 heavy (non-hydrogen) atoms. The molecule has 3 aromatic rings. The van der Waals surface area contributed by atoms with Gasteiger partial charge in [-0.3, -0.25) is 9.59 Å². The van der Waals surface area contributed by atoms with Crippen molar-refractivity contribution in [2.24, 2.45) is 0 Å². The quantitative estimate of drug-likeness (QED) is 0.433. The zero-order chi connectivity index (χ0) is 21.9. The summed E-state index contributed by atoms with van der Waals surface area (Å²) in [6.45, 7) is 4.64. The van der Waals surface area contributed by atoms with Crippen LogP contribution in [0, 0.1) is 0 Å². The van der Waals surface area contributed by atoms with Gasteiger partial charge in [0, 0.05) is 23.5 Å². The second kappa shape index (κ2) is 11.2.